The average Bonchev–Trinajstić information content (AvgIpc) is 3.11. The molecule has 1 amide bonds. The quantitative estimate of drug-likeness (QED) is 0.443. The monoisotopic (exact) mass is 461 g/mol. The molecule has 6 nitrogen and oxygen atoms in total. The summed E-state index contributed by atoms with van der Waals surface area (Å²) in [6.07, 6.45) is 3.11. The number of benzene rings is 2. The van der Waals surface area contributed by atoms with Crippen LogP contribution in [0.5, 0.6) is 0 Å². The first-order valence-electron chi connectivity index (χ1n) is 9.58. The van der Waals surface area contributed by atoms with Gasteiger partial charge in [0, 0.05) is 17.6 Å². The van der Waals surface area contributed by atoms with E-state index in [1.807, 2.05) is 18.0 Å². The largest absolute Gasteiger partial charge is 0.338 e. The molecule has 1 unspecified atom stereocenters. The molecule has 4 rings (SSSR count). The molecule has 0 bridgehead atoms. The van der Waals surface area contributed by atoms with Crippen LogP contribution in [0.3, 0.4) is 0 Å². The van der Waals surface area contributed by atoms with E-state index in [4.69, 9.17) is 29.0 Å². The lowest BCUT2D eigenvalue weighted by molar-refractivity contribution is -0.129. The summed E-state index contributed by atoms with van der Waals surface area (Å²) in [4.78, 5) is 14.7. The van der Waals surface area contributed by atoms with Crippen molar-refractivity contribution in [2.24, 2.45) is 0 Å². The van der Waals surface area contributed by atoms with E-state index in [0.717, 1.165) is 19.3 Å². The fourth-order valence-electron chi connectivity index (χ4n) is 3.76. The van der Waals surface area contributed by atoms with Crippen LogP contribution in [0.1, 0.15) is 30.0 Å². The van der Waals surface area contributed by atoms with E-state index in [9.17, 15) is 4.79 Å². The number of aromatic nitrogens is 3. The summed E-state index contributed by atoms with van der Waals surface area (Å²) in [6.45, 7) is 0. The Bertz CT molecular complexity index is 1090. The minimum atomic E-state index is 0.0239. The fourth-order valence-corrected chi connectivity index (χ4v) is 5.04. The van der Waals surface area contributed by atoms with Gasteiger partial charge in [-0.05, 0) is 48.6 Å². The third-order valence-electron chi connectivity index (χ3n) is 5.36. The zero-order chi connectivity index (χ0) is 21.3. The fraction of sp³-hybridized carbons (Fsp3) is 0.286. The highest BCUT2D eigenvalue weighted by molar-refractivity contribution is 7.99. The third-order valence-corrected chi connectivity index (χ3v) is 6.84. The average molecular weight is 462 g/mol. The van der Waals surface area contributed by atoms with E-state index in [2.05, 4.69) is 28.4 Å². The van der Waals surface area contributed by atoms with E-state index in [-0.39, 0.29) is 17.7 Å². The van der Waals surface area contributed by atoms with Gasteiger partial charge in [0.05, 0.1) is 16.8 Å². The molecule has 1 heterocycles. The lowest BCUT2D eigenvalue weighted by Crippen LogP contribution is -2.34. The molecule has 0 saturated carbocycles. The normalized spacial score (nSPS) is 15.6. The van der Waals surface area contributed by atoms with Crippen LogP contribution in [0.25, 0.3) is 11.4 Å². The summed E-state index contributed by atoms with van der Waals surface area (Å²) in [5, 5.41) is 9.67. The molecule has 3 aromatic rings. The van der Waals surface area contributed by atoms with Crippen molar-refractivity contribution >= 4 is 40.9 Å². The Kier molecular flexibility index (Phi) is 6.22. The number of aryl methyl sites for hydroxylation is 1. The van der Waals surface area contributed by atoms with Gasteiger partial charge in [-0.25, -0.2) is 4.68 Å². The number of halogens is 2. The Morgan fingerprint density at radius 1 is 1.27 bits per heavy atom. The Balaban J connectivity index is 1.45. The highest BCUT2D eigenvalue weighted by atomic mass is 35.5. The Morgan fingerprint density at radius 3 is 2.87 bits per heavy atom. The number of nitrogen functional groups attached to an aromatic ring is 1. The number of rotatable bonds is 5. The molecule has 2 aromatic carbocycles. The van der Waals surface area contributed by atoms with Gasteiger partial charge < -0.3 is 10.7 Å². The minimum Gasteiger partial charge on any atom is -0.338 e. The van der Waals surface area contributed by atoms with Crippen LogP contribution >= 0.6 is 35.0 Å². The molecule has 0 saturated heterocycles. The van der Waals surface area contributed by atoms with E-state index >= 15 is 0 Å². The van der Waals surface area contributed by atoms with Crippen LogP contribution in [-0.2, 0) is 11.2 Å². The molecule has 30 heavy (non-hydrogen) atoms. The molecular weight excluding hydrogens is 441 g/mol. The van der Waals surface area contributed by atoms with Crippen molar-refractivity contribution in [3.05, 3.63) is 63.6 Å². The summed E-state index contributed by atoms with van der Waals surface area (Å²) in [6, 6.07) is 13.5. The van der Waals surface area contributed by atoms with Crippen molar-refractivity contribution in [3.63, 3.8) is 0 Å². The highest BCUT2D eigenvalue weighted by Gasteiger charge is 2.27. The predicted octanol–water partition coefficient (Wildman–Crippen LogP) is 4.59. The summed E-state index contributed by atoms with van der Waals surface area (Å²) in [7, 11) is 1.86. The highest BCUT2D eigenvalue weighted by Crippen LogP contribution is 2.34. The number of carbonyl (C=O) groups is 1. The van der Waals surface area contributed by atoms with Gasteiger partial charge in [-0.1, -0.05) is 59.2 Å². The maximum atomic E-state index is 12.9. The third kappa shape index (κ3) is 4.15. The number of amides is 1. The number of thioether (sulfide) groups is 1. The molecule has 1 aliphatic carbocycles. The van der Waals surface area contributed by atoms with Crippen LogP contribution in [0.4, 0.5) is 0 Å². The second kappa shape index (κ2) is 8.88. The van der Waals surface area contributed by atoms with Crippen LogP contribution in [0.15, 0.2) is 47.6 Å². The van der Waals surface area contributed by atoms with Gasteiger partial charge >= 0.3 is 0 Å². The first-order valence-corrected chi connectivity index (χ1v) is 11.3. The second-order valence-electron chi connectivity index (χ2n) is 7.20. The van der Waals surface area contributed by atoms with Crippen molar-refractivity contribution < 1.29 is 4.79 Å². The smallest absolute Gasteiger partial charge is 0.233 e. The molecule has 2 N–H and O–H groups in total. The topological polar surface area (TPSA) is 77.0 Å². The standard InChI is InChI=1S/C21H21Cl2N5OS/c1-27(18-8-4-6-13-5-2-3-7-15(13)18)19(29)12-30-21-26-25-20(28(21)24)16-10-9-14(22)11-17(16)23/h2-3,5,7,9-11,18H,4,6,8,12,24H2,1H3. The molecule has 9 heteroatoms. The first kappa shape index (κ1) is 21.0. The predicted molar refractivity (Wildman–Crippen MR) is 121 cm³/mol. The van der Waals surface area contributed by atoms with Gasteiger partial charge in [-0.3, -0.25) is 4.79 Å². The van der Waals surface area contributed by atoms with Gasteiger partial charge in [0.1, 0.15) is 0 Å². The summed E-state index contributed by atoms with van der Waals surface area (Å²) in [5.41, 5.74) is 3.20. The molecule has 156 valence electrons. The zero-order valence-corrected chi connectivity index (χ0v) is 18.7. The van der Waals surface area contributed by atoms with Gasteiger partial charge in [0.25, 0.3) is 0 Å². The Labute approximate surface area is 189 Å². The number of fused-ring (bicyclic) bond motifs is 1. The van der Waals surface area contributed by atoms with Crippen LogP contribution in [0, 0.1) is 0 Å². The van der Waals surface area contributed by atoms with Gasteiger partial charge in [-0.15, -0.1) is 10.2 Å². The van der Waals surface area contributed by atoms with Crippen LogP contribution < -0.4 is 5.84 Å². The molecule has 0 radical (unpaired) electrons. The maximum absolute atomic E-state index is 12.9. The first-order chi connectivity index (χ1) is 14.5. The molecule has 1 aromatic heterocycles. The van der Waals surface area contributed by atoms with Crippen LogP contribution in [0.2, 0.25) is 10.0 Å². The maximum Gasteiger partial charge on any atom is 0.233 e. The number of hydrogen-bond acceptors (Lipinski definition) is 5. The minimum absolute atomic E-state index is 0.0239. The molecular formula is C21H21Cl2N5OS. The summed E-state index contributed by atoms with van der Waals surface area (Å²) >= 11 is 13.5. The van der Waals surface area contributed by atoms with Crippen molar-refractivity contribution in [2.45, 2.75) is 30.5 Å². The lowest BCUT2D eigenvalue weighted by Gasteiger charge is -2.33. The van der Waals surface area contributed by atoms with E-state index in [1.165, 1.54) is 27.6 Å². The van der Waals surface area contributed by atoms with Gasteiger partial charge in [0.2, 0.25) is 11.1 Å². The number of nitrogens with zero attached hydrogens (tertiary/aromatic N) is 4. The SMILES string of the molecule is CN(C(=O)CSc1nnc(-c2ccc(Cl)cc2Cl)n1N)C1CCCc2ccccc21. The van der Waals surface area contributed by atoms with Crippen LogP contribution in [-0.4, -0.2) is 38.5 Å². The lowest BCUT2D eigenvalue weighted by atomic mass is 9.87. The van der Waals surface area contributed by atoms with Gasteiger partial charge in [-0.2, -0.15) is 0 Å². The van der Waals surface area contributed by atoms with E-state index < -0.39 is 0 Å². The van der Waals surface area contributed by atoms with Crippen molar-refractivity contribution in [1.82, 2.24) is 19.8 Å². The summed E-state index contributed by atoms with van der Waals surface area (Å²) in [5.74, 6) is 6.83. The van der Waals surface area contributed by atoms with Crippen molar-refractivity contribution in [2.75, 3.05) is 18.6 Å². The van der Waals surface area contributed by atoms with Crippen molar-refractivity contribution in [3.8, 4) is 11.4 Å². The summed E-state index contributed by atoms with van der Waals surface area (Å²) < 4.78 is 1.35. The number of nitrogens with two attached hydrogens (primary N) is 1. The van der Waals surface area contributed by atoms with Crippen molar-refractivity contribution in [1.29, 1.82) is 0 Å². The van der Waals surface area contributed by atoms with Gasteiger partial charge in [0.15, 0.2) is 5.82 Å². The Morgan fingerprint density at radius 2 is 2.07 bits per heavy atom. The molecule has 0 spiro atoms. The van der Waals surface area contributed by atoms with E-state index in [1.54, 1.807) is 18.2 Å². The Hall–Kier alpha value is -2.22. The van der Waals surface area contributed by atoms with E-state index in [0.29, 0.717) is 26.6 Å². The second-order valence-corrected chi connectivity index (χ2v) is 8.99. The molecule has 1 aliphatic rings. The zero-order valence-electron chi connectivity index (χ0n) is 16.4. The number of hydrogen-bond donors (Lipinski definition) is 1. The molecule has 1 atom stereocenters. The molecule has 0 fully saturated rings. The number of carbonyl (C=O) groups excluding carboxylic acids is 1. The molecule has 0 aliphatic heterocycles.